The third-order valence-corrected chi connectivity index (χ3v) is 8.00. The Hall–Kier alpha value is -3.31. The first-order valence-electron chi connectivity index (χ1n) is 7.29. The molecule has 3 nitrogen and oxygen atoms in total. The molecule has 24 heavy (non-hydrogen) atoms. The molecule has 0 aliphatic carbocycles. The second-order valence-electron chi connectivity index (χ2n) is 5.19. The average molecular weight is 325 g/mol. The van der Waals surface area contributed by atoms with E-state index < -0.39 is 6.89 Å². The second kappa shape index (κ2) is 6.44. The van der Waals surface area contributed by atoms with Crippen LogP contribution in [0.4, 0.5) is 0 Å². The number of nitrogens with zero attached hydrogens (tertiary/aromatic N) is 3. The highest BCUT2D eigenvalue weighted by Gasteiger charge is 2.33. The predicted octanol–water partition coefficient (Wildman–Crippen LogP) is 3.22. The molecule has 1 aliphatic rings. The van der Waals surface area contributed by atoms with Crippen molar-refractivity contribution in [1.82, 2.24) is 0 Å². The maximum atomic E-state index is 9.83. The molecule has 2 aromatic carbocycles. The third kappa shape index (κ3) is 2.28. The van der Waals surface area contributed by atoms with Gasteiger partial charge in [0.1, 0.15) is 12.1 Å². The van der Waals surface area contributed by atoms with Crippen LogP contribution >= 0.6 is 6.89 Å². The Kier molecular flexibility index (Phi) is 4.18. The van der Waals surface area contributed by atoms with Crippen LogP contribution in [0.25, 0.3) is 0 Å². The van der Waals surface area contributed by atoms with Gasteiger partial charge in [-0.3, -0.25) is 0 Å². The van der Waals surface area contributed by atoms with Crippen LogP contribution in [0.2, 0.25) is 0 Å². The van der Waals surface area contributed by atoms with E-state index in [0.717, 1.165) is 10.6 Å². The first-order chi connectivity index (χ1) is 11.8. The van der Waals surface area contributed by atoms with Crippen molar-refractivity contribution in [2.75, 3.05) is 0 Å². The van der Waals surface area contributed by atoms with Gasteiger partial charge in [0, 0.05) is 6.89 Å². The Morgan fingerprint density at radius 1 is 0.625 bits per heavy atom. The van der Waals surface area contributed by atoms with Crippen LogP contribution in [-0.4, -0.2) is 5.29 Å². The Labute approximate surface area is 141 Å². The molecule has 0 saturated heterocycles. The molecular formula is C20H12N3P. The molecule has 112 valence electrons. The fourth-order valence-electron chi connectivity index (χ4n) is 2.95. The molecule has 3 rings (SSSR count). The first-order valence-corrected chi connectivity index (χ1v) is 9.08. The van der Waals surface area contributed by atoms with E-state index in [4.69, 9.17) is 0 Å². The van der Waals surface area contributed by atoms with E-state index in [0.29, 0.717) is 16.2 Å². The van der Waals surface area contributed by atoms with E-state index in [2.05, 4.69) is 18.2 Å². The normalized spacial score (nSPS) is 15.3. The van der Waals surface area contributed by atoms with Crippen LogP contribution in [0.3, 0.4) is 0 Å². The summed E-state index contributed by atoms with van der Waals surface area (Å²) in [4.78, 5) is 0. The summed E-state index contributed by atoms with van der Waals surface area (Å²) >= 11 is 0. The Balaban J connectivity index is 2.56. The molecule has 0 N–H and O–H groups in total. The van der Waals surface area contributed by atoms with Gasteiger partial charge < -0.3 is 0 Å². The van der Waals surface area contributed by atoms with Crippen LogP contribution < -0.4 is 10.6 Å². The Morgan fingerprint density at radius 3 is 1.58 bits per heavy atom. The van der Waals surface area contributed by atoms with E-state index in [-0.39, 0.29) is 0 Å². The van der Waals surface area contributed by atoms with Crippen molar-refractivity contribution in [3.05, 3.63) is 83.7 Å². The summed E-state index contributed by atoms with van der Waals surface area (Å²) in [6, 6.07) is 25.9. The van der Waals surface area contributed by atoms with Gasteiger partial charge in [-0.1, -0.05) is 60.7 Å². The number of hydrogen-bond acceptors (Lipinski definition) is 3. The summed E-state index contributed by atoms with van der Waals surface area (Å²) in [6.07, 6.45) is 3.24. The fraction of sp³-hybridized carbons (Fsp3) is 0. The molecule has 0 unspecified atom stereocenters. The number of benzene rings is 2. The van der Waals surface area contributed by atoms with Crippen molar-refractivity contribution in [1.29, 1.82) is 15.8 Å². The van der Waals surface area contributed by atoms with Gasteiger partial charge in [0.25, 0.3) is 0 Å². The lowest BCUT2D eigenvalue weighted by atomic mass is 10.2. The summed E-state index contributed by atoms with van der Waals surface area (Å²) in [5.41, 5.74) is 0.339. The SMILES string of the molecule is N#CC1=CC(C#N)=P(c2ccccc2)(c2ccccc2)C(C#N)=C1. The Bertz CT molecular complexity index is 978. The number of rotatable bonds is 2. The topological polar surface area (TPSA) is 71.4 Å². The van der Waals surface area contributed by atoms with Crippen LogP contribution in [0.5, 0.6) is 0 Å². The van der Waals surface area contributed by atoms with E-state index >= 15 is 0 Å². The molecule has 0 atom stereocenters. The number of allylic oxidation sites excluding steroid dienone is 4. The molecule has 0 radical (unpaired) electrons. The number of nitriles is 3. The standard InChI is InChI=1S/C20H12N3P/c21-13-16-11-19(14-22)24(20(12-16)15-23,17-7-3-1-4-8-17)18-9-5-2-6-10-18/h1-12H. The van der Waals surface area contributed by atoms with E-state index in [1.54, 1.807) is 12.2 Å². The zero-order chi connectivity index (χ0) is 17.0. The minimum Gasteiger partial charge on any atom is -0.192 e. The molecule has 1 aliphatic heterocycles. The van der Waals surface area contributed by atoms with Gasteiger partial charge in [0.05, 0.1) is 22.3 Å². The highest BCUT2D eigenvalue weighted by molar-refractivity contribution is 7.93. The third-order valence-electron chi connectivity index (χ3n) is 3.95. The van der Waals surface area contributed by atoms with E-state index in [9.17, 15) is 15.8 Å². The summed E-state index contributed by atoms with van der Waals surface area (Å²) < 4.78 is 0. The lowest BCUT2D eigenvalue weighted by Crippen LogP contribution is -2.24. The first kappa shape index (κ1) is 15.6. The zero-order valence-corrected chi connectivity index (χ0v) is 13.6. The monoisotopic (exact) mass is 325 g/mol. The van der Waals surface area contributed by atoms with Gasteiger partial charge in [-0.15, -0.1) is 0 Å². The van der Waals surface area contributed by atoms with Crippen LogP contribution in [-0.2, 0) is 0 Å². The fourth-order valence-corrected chi connectivity index (χ4v) is 6.82. The highest BCUT2D eigenvalue weighted by atomic mass is 31.2. The maximum absolute atomic E-state index is 9.83. The minimum absolute atomic E-state index is 0.339. The molecule has 0 fully saturated rings. The molecule has 0 spiro atoms. The molecule has 1 heterocycles. The largest absolute Gasteiger partial charge is 0.192 e. The Morgan fingerprint density at radius 2 is 1.17 bits per heavy atom. The highest BCUT2D eigenvalue weighted by Crippen LogP contribution is 2.56. The predicted molar refractivity (Wildman–Crippen MR) is 97.1 cm³/mol. The van der Waals surface area contributed by atoms with Gasteiger partial charge in [0.15, 0.2) is 0 Å². The summed E-state index contributed by atoms with van der Waals surface area (Å²) in [5.74, 6) is 0. The van der Waals surface area contributed by atoms with Gasteiger partial charge >= 0.3 is 0 Å². The van der Waals surface area contributed by atoms with Crippen molar-refractivity contribution >= 4 is 22.8 Å². The van der Waals surface area contributed by atoms with Crippen molar-refractivity contribution in [3.8, 4) is 18.2 Å². The molecule has 0 saturated carbocycles. The van der Waals surface area contributed by atoms with Crippen molar-refractivity contribution < 1.29 is 0 Å². The van der Waals surface area contributed by atoms with Crippen LogP contribution in [0, 0.1) is 34.0 Å². The zero-order valence-electron chi connectivity index (χ0n) is 12.7. The molecule has 0 amide bonds. The summed E-state index contributed by atoms with van der Waals surface area (Å²) in [6.45, 7) is -2.54. The van der Waals surface area contributed by atoms with Gasteiger partial charge in [0.2, 0.25) is 0 Å². The molecule has 0 bridgehead atoms. The quantitative estimate of drug-likeness (QED) is 0.796. The van der Waals surface area contributed by atoms with Crippen molar-refractivity contribution in [2.45, 2.75) is 0 Å². The number of hydrogen-bond donors (Lipinski definition) is 0. The van der Waals surface area contributed by atoms with Gasteiger partial charge in [-0.25, -0.2) is 0 Å². The maximum Gasteiger partial charge on any atom is 0.100 e. The molecular weight excluding hydrogens is 313 g/mol. The lowest BCUT2D eigenvalue weighted by Gasteiger charge is -2.30. The summed E-state index contributed by atoms with van der Waals surface area (Å²) in [7, 11) is 0. The van der Waals surface area contributed by atoms with Gasteiger partial charge in [-0.05, 0) is 22.8 Å². The molecule has 2 aromatic rings. The van der Waals surface area contributed by atoms with Crippen LogP contribution in [0.15, 0.2) is 83.7 Å². The van der Waals surface area contributed by atoms with Crippen LogP contribution in [0.1, 0.15) is 0 Å². The van der Waals surface area contributed by atoms with Crippen molar-refractivity contribution in [2.24, 2.45) is 0 Å². The van der Waals surface area contributed by atoms with Gasteiger partial charge in [-0.2, -0.15) is 15.8 Å². The molecule has 4 heteroatoms. The average Bonchev–Trinajstić information content (AvgIpc) is 2.68. The smallest absolute Gasteiger partial charge is 0.100 e. The van der Waals surface area contributed by atoms with Crippen molar-refractivity contribution in [3.63, 3.8) is 0 Å². The molecule has 0 aromatic heterocycles. The lowest BCUT2D eigenvalue weighted by molar-refractivity contribution is 1.48. The minimum atomic E-state index is -2.54. The van der Waals surface area contributed by atoms with E-state index in [1.807, 2.05) is 60.7 Å². The second-order valence-corrected chi connectivity index (χ2v) is 8.53. The summed E-state index contributed by atoms with van der Waals surface area (Å²) in [5, 5.41) is 31.7. The van der Waals surface area contributed by atoms with E-state index in [1.165, 1.54) is 0 Å².